The summed E-state index contributed by atoms with van der Waals surface area (Å²) in [6.07, 6.45) is 9.55. The Morgan fingerprint density at radius 3 is 3.00 bits per heavy atom. The molecule has 14 heavy (non-hydrogen) atoms. The van der Waals surface area contributed by atoms with Crippen molar-refractivity contribution in [2.45, 2.75) is 25.7 Å². The molecule has 0 unspecified atom stereocenters. The monoisotopic (exact) mass is 207 g/mol. The van der Waals surface area contributed by atoms with Crippen LogP contribution in [0.15, 0.2) is 17.5 Å². The number of terminal acetylenes is 1. The van der Waals surface area contributed by atoms with E-state index in [4.69, 9.17) is 6.42 Å². The van der Waals surface area contributed by atoms with Gasteiger partial charge >= 0.3 is 0 Å². The molecule has 0 atom stereocenters. The highest BCUT2D eigenvalue weighted by Gasteiger charge is 1.92. The van der Waals surface area contributed by atoms with Crippen molar-refractivity contribution in [1.29, 1.82) is 0 Å². The molecule has 0 saturated heterocycles. The number of hydrogen-bond donors (Lipinski definition) is 1. The summed E-state index contributed by atoms with van der Waals surface area (Å²) in [4.78, 5) is 1.46. The molecule has 0 aromatic carbocycles. The fourth-order valence-electron chi connectivity index (χ4n) is 1.27. The van der Waals surface area contributed by atoms with Gasteiger partial charge in [-0.2, -0.15) is 0 Å². The van der Waals surface area contributed by atoms with Gasteiger partial charge in [0, 0.05) is 11.3 Å². The van der Waals surface area contributed by atoms with Crippen LogP contribution in [-0.2, 0) is 6.42 Å². The summed E-state index contributed by atoms with van der Waals surface area (Å²) in [5.74, 6) is 2.65. The molecular formula is C12H17NS. The van der Waals surface area contributed by atoms with E-state index in [1.165, 1.54) is 11.3 Å². The normalized spacial score (nSPS) is 9.93. The quantitative estimate of drug-likeness (QED) is 0.535. The Morgan fingerprint density at radius 2 is 2.29 bits per heavy atom. The Hall–Kier alpha value is -0.780. The lowest BCUT2D eigenvalue weighted by atomic mass is 10.2. The fourth-order valence-corrected chi connectivity index (χ4v) is 1.98. The van der Waals surface area contributed by atoms with Crippen LogP contribution in [0.2, 0.25) is 0 Å². The zero-order valence-electron chi connectivity index (χ0n) is 8.46. The van der Waals surface area contributed by atoms with Crippen LogP contribution in [0.1, 0.15) is 24.1 Å². The molecule has 0 fully saturated rings. The van der Waals surface area contributed by atoms with Gasteiger partial charge in [-0.15, -0.1) is 23.7 Å². The average Bonchev–Trinajstić information content (AvgIpc) is 2.69. The lowest BCUT2D eigenvalue weighted by Crippen LogP contribution is -2.18. The molecule has 1 heterocycles. The lowest BCUT2D eigenvalue weighted by Gasteiger charge is -2.01. The van der Waals surface area contributed by atoms with Gasteiger partial charge in [-0.1, -0.05) is 6.07 Å². The molecule has 0 radical (unpaired) electrons. The third-order valence-electron chi connectivity index (χ3n) is 2.05. The van der Waals surface area contributed by atoms with Crippen LogP contribution >= 0.6 is 11.3 Å². The molecule has 0 spiro atoms. The molecule has 0 amide bonds. The number of unbranched alkanes of at least 4 members (excludes halogenated alkanes) is 2. The van der Waals surface area contributed by atoms with Gasteiger partial charge in [0.1, 0.15) is 0 Å². The van der Waals surface area contributed by atoms with Gasteiger partial charge in [-0.25, -0.2) is 0 Å². The van der Waals surface area contributed by atoms with E-state index in [-0.39, 0.29) is 0 Å². The Kier molecular flexibility index (Phi) is 6.14. The summed E-state index contributed by atoms with van der Waals surface area (Å²) in [6.45, 7) is 2.17. The maximum Gasteiger partial charge on any atom is 0.00865 e. The van der Waals surface area contributed by atoms with Gasteiger partial charge < -0.3 is 5.32 Å². The first-order valence-electron chi connectivity index (χ1n) is 5.10. The maximum atomic E-state index is 5.16. The molecule has 1 nitrogen and oxygen atoms in total. The van der Waals surface area contributed by atoms with Crippen molar-refractivity contribution in [3.8, 4) is 12.3 Å². The van der Waals surface area contributed by atoms with Crippen LogP contribution in [-0.4, -0.2) is 13.1 Å². The van der Waals surface area contributed by atoms with Crippen LogP contribution in [0.3, 0.4) is 0 Å². The minimum absolute atomic E-state index is 0.909. The second-order valence-corrected chi connectivity index (χ2v) is 4.27. The van der Waals surface area contributed by atoms with Crippen molar-refractivity contribution in [3.63, 3.8) is 0 Å². The minimum atomic E-state index is 0.909. The van der Waals surface area contributed by atoms with Gasteiger partial charge in [-0.05, 0) is 43.8 Å². The van der Waals surface area contributed by atoms with Crippen molar-refractivity contribution >= 4 is 11.3 Å². The van der Waals surface area contributed by atoms with Crippen molar-refractivity contribution in [2.75, 3.05) is 13.1 Å². The van der Waals surface area contributed by atoms with E-state index in [1.54, 1.807) is 0 Å². The molecule has 0 saturated carbocycles. The maximum absolute atomic E-state index is 5.16. The number of rotatable bonds is 7. The third kappa shape index (κ3) is 5.06. The van der Waals surface area contributed by atoms with Gasteiger partial charge in [0.15, 0.2) is 0 Å². The van der Waals surface area contributed by atoms with Crippen molar-refractivity contribution in [1.82, 2.24) is 5.32 Å². The van der Waals surface area contributed by atoms with E-state index < -0.39 is 0 Å². The summed E-state index contributed by atoms with van der Waals surface area (Å²) in [5.41, 5.74) is 0. The summed E-state index contributed by atoms with van der Waals surface area (Å²) in [6, 6.07) is 4.29. The zero-order valence-corrected chi connectivity index (χ0v) is 9.28. The minimum Gasteiger partial charge on any atom is -0.316 e. The lowest BCUT2D eigenvalue weighted by molar-refractivity contribution is 0.631. The van der Waals surface area contributed by atoms with Crippen LogP contribution in [0.5, 0.6) is 0 Å². The SMILES string of the molecule is C#CCCCCNCCc1cccs1. The first-order valence-corrected chi connectivity index (χ1v) is 5.98. The van der Waals surface area contributed by atoms with Gasteiger partial charge in [-0.3, -0.25) is 0 Å². The van der Waals surface area contributed by atoms with Crippen LogP contribution in [0, 0.1) is 12.3 Å². The van der Waals surface area contributed by atoms with E-state index in [1.807, 2.05) is 11.3 Å². The smallest absolute Gasteiger partial charge is 0.00865 e. The first-order chi connectivity index (χ1) is 6.93. The van der Waals surface area contributed by atoms with E-state index in [2.05, 4.69) is 28.8 Å². The molecule has 1 aromatic rings. The molecule has 0 aliphatic carbocycles. The molecule has 76 valence electrons. The van der Waals surface area contributed by atoms with E-state index >= 15 is 0 Å². The van der Waals surface area contributed by atoms with Gasteiger partial charge in [0.2, 0.25) is 0 Å². The molecule has 2 heteroatoms. The average molecular weight is 207 g/mol. The van der Waals surface area contributed by atoms with Gasteiger partial charge in [0.05, 0.1) is 0 Å². The zero-order chi connectivity index (χ0) is 10.1. The fraction of sp³-hybridized carbons (Fsp3) is 0.500. The standard InChI is InChI=1S/C12H17NS/c1-2-3-4-5-9-13-10-8-12-7-6-11-14-12/h1,6-7,11,13H,3-5,8-10H2. The second kappa shape index (κ2) is 7.61. The Balaban J connectivity index is 1.88. The number of thiophene rings is 1. The summed E-state index contributed by atoms with van der Waals surface area (Å²) in [5, 5.41) is 5.55. The molecular weight excluding hydrogens is 190 g/mol. The highest BCUT2D eigenvalue weighted by atomic mass is 32.1. The molecule has 1 N–H and O–H groups in total. The number of hydrogen-bond acceptors (Lipinski definition) is 2. The van der Waals surface area contributed by atoms with Gasteiger partial charge in [0.25, 0.3) is 0 Å². The molecule has 0 bridgehead atoms. The second-order valence-electron chi connectivity index (χ2n) is 3.24. The van der Waals surface area contributed by atoms with Crippen LogP contribution in [0.4, 0.5) is 0 Å². The Bertz CT molecular complexity index is 258. The molecule has 0 aliphatic rings. The summed E-state index contributed by atoms with van der Waals surface area (Å²) < 4.78 is 0. The highest BCUT2D eigenvalue weighted by Crippen LogP contribution is 2.07. The predicted octanol–water partition coefficient (Wildman–Crippen LogP) is 2.68. The highest BCUT2D eigenvalue weighted by molar-refractivity contribution is 7.09. The van der Waals surface area contributed by atoms with Crippen LogP contribution in [0.25, 0.3) is 0 Å². The first kappa shape index (κ1) is 11.3. The molecule has 0 aliphatic heterocycles. The Morgan fingerprint density at radius 1 is 1.36 bits per heavy atom. The van der Waals surface area contributed by atoms with E-state index in [9.17, 15) is 0 Å². The Labute approximate surface area is 90.5 Å². The van der Waals surface area contributed by atoms with Crippen molar-refractivity contribution in [2.24, 2.45) is 0 Å². The summed E-state index contributed by atoms with van der Waals surface area (Å²) in [7, 11) is 0. The topological polar surface area (TPSA) is 12.0 Å². The predicted molar refractivity (Wildman–Crippen MR) is 63.6 cm³/mol. The molecule has 1 rings (SSSR count). The van der Waals surface area contributed by atoms with Crippen molar-refractivity contribution in [3.05, 3.63) is 22.4 Å². The van der Waals surface area contributed by atoms with E-state index in [0.717, 1.165) is 32.4 Å². The van der Waals surface area contributed by atoms with E-state index in [0.29, 0.717) is 0 Å². The largest absolute Gasteiger partial charge is 0.316 e. The third-order valence-corrected chi connectivity index (χ3v) is 2.99. The van der Waals surface area contributed by atoms with Crippen LogP contribution < -0.4 is 5.32 Å². The van der Waals surface area contributed by atoms with Crippen molar-refractivity contribution < 1.29 is 0 Å². The molecule has 1 aromatic heterocycles. The summed E-state index contributed by atoms with van der Waals surface area (Å²) >= 11 is 1.83. The number of nitrogens with one attached hydrogen (secondary N) is 1.